The monoisotopic (exact) mass is 572 g/mol. The summed E-state index contributed by atoms with van der Waals surface area (Å²) in [5.74, 6) is 0.326. The molecule has 1 N–H and O–H groups in total. The normalized spacial score (nSPS) is 18.7. The molecule has 4 fully saturated rings. The lowest BCUT2D eigenvalue weighted by Gasteiger charge is -2.51. The number of hydrogen-bond donors (Lipinski definition) is 1. The molecule has 0 amide bonds. The van der Waals surface area contributed by atoms with E-state index in [2.05, 4.69) is 105 Å². The molecule has 0 spiro atoms. The van der Waals surface area contributed by atoms with Gasteiger partial charge in [0.05, 0.1) is 25.2 Å². The standard InChI is InChI=1S/C19H22N2.C16H15NO.C3H7N/c1-3-8-16(9-4-1)19(17-10-5-2-6-11-17)21-14-18(15-21)20-12-7-13-20;18-15-11-17(12-15)16(13-7-3-1-4-8-13)14-9-5-2-6-10-14;1-2-4-3-1/h1-6,8-11,18-19H,7,12-15H2;1-10,16H,11-12H2;4H,1-3H2. The lowest BCUT2D eigenvalue weighted by Crippen LogP contribution is -2.63. The van der Waals surface area contributed by atoms with Crippen LogP contribution < -0.4 is 5.32 Å². The van der Waals surface area contributed by atoms with Gasteiger partial charge in [-0.3, -0.25) is 19.5 Å². The molecule has 5 heteroatoms. The number of carbonyl (C=O) groups is 1. The fraction of sp³-hybridized carbons (Fsp3) is 0.342. The van der Waals surface area contributed by atoms with Crippen molar-refractivity contribution in [3.05, 3.63) is 144 Å². The van der Waals surface area contributed by atoms with Gasteiger partial charge in [-0.25, -0.2) is 0 Å². The smallest absolute Gasteiger partial charge is 0.160 e. The van der Waals surface area contributed by atoms with Crippen LogP contribution in [0, 0.1) is 0 Å². The molecule has 222 valence electrons. The second-order valence-electron chi connectivity index (χ2n) is 12.0. The van der Waals surface area contributed by atoms with E-state index in [1.165, 1.54) is 74.4 Å². The highest BCUT2D eigenvalue weighted by Gasteiger charge is 2.38. The van der Waals surface area contributed by atoms with Gasteiger partial charge in [-0.1, -0.05) is 121 Å². The maximum Gasteiger partial charge on any atom is 0.160 e. The van der Waals surface area contributed by atoms with Crippen molar-refractivity contribution in [3.8, 4) is 0 Å². The highest BCUT2D eigenvalue weighted by atomic mass is 16.1. The quantitative estimate of drug-likeness (QED) is 0.303. The summed E-state index contributed by atoms with van der Waals surface area (Å²) in [6.45, 7) is 8.64. The fourth-order valence-electron chi connectivity index (χ4n) is 6.17. The van der Waals surface area contributed by atoms with E-state index in [0.29, 0.717) is 24.9 Å². The molecule has 0 radical (unpaired) electrons. The van der Waals surface area contributed by atoms with E-state index in [9.17, 15) is 4.79 Å². The third-order valence-electron chi connectivity index (χ3n) is 8.96. The van der Waals surface area contributed by atoms with E-state index in [0.717, 1.165) is 6.04 Å². The number of ketones is 1. The molecule has 5 nitrogen and oxygen atoms in total. The van der Waals surface area contributed by atoms with Gasteiger partial charge in [-0.15, -0.1) is 0 Å². The van der Waals surface area contributed by atoms with Crippen molar-refractivity contribution in [2.24, 2.45) is 0 Å². The number of nitrogens with one attached hydrogen (secondary N) is 1. The number of rotatable bonds is 7. The summed E-state index contributed by atoms with van der Waals surface area (Å²) in [4.78, 5) is 18.7. The molecule has 0 aliphatic carbocycles. The number of benzene rings is 4. The highest BCUT2D eigenvalue weighted by molar-refractivity contribution is 5.88. The van der Waals surface area contributed by atoms with Crippen LogP contribution in [-0.4, -0.2) is 78.9 Å². The Hall–Kier alpha value is -3.61. The minimum atomic E-state index is 0.199. The third kappa shape index (κ3) is 7.49. The Labute approximate surface area is 257 Å². The molecule has 4 aromatic rings. The van der Waals surface area contributed by atoms with Crippen molar-refractivity contribution in [1.82, 2.24) is 20.0 Å². The Bertz CT molecular complexity index is 1290. The molecule has 4 aliphatic rings. The van der Waals surface area contributed by atoms with Crippen molar-refractivity contribution >= 4 is 5.78 Å². The van der Waals surface area contributed by atoms with Crippen LogP contribution in [0.3, 0.4) is 0 Å². The zero-order chi connectivity index (χ0) is 29.3. The Morgan fingerprint density at radius 3 is 1.16 bits per heavy atom. The molecule has 4 saturated heterocycles. The van der Waals surface area contributed by atoms with Gasteiger partial charge in [0.15, 0.2) is 5.78 Å². The third-order valence-corrected chi connectivity index (χ3v) is 8.96. The molecular weight excluding hydrogens is 528 g/mol. The van der Waals surface area contributed by atoms with E-state index in [4.69, 9.17) is 0 Å². The van der Waals surface area contributed by atoms with Gasteiger partial charge in [-0.05, 0) is 61.3 Å². The molecular formula is C38H44N4O. The maximum atomic E-state index is 11.2. The van der Waals surface area contributed by atoms with Crippen LogP contribution in [0.4, 0.5) is 0 Å². The SMILES string of the molecule is C1CNC1.O=C1CN(C(c2ccccc2)c2ccccc2)C1.c1ccc(C(c2ccccc2)N2CC(N3CCC3)C2)cc1. The lowest BCUT2D eigenvalue weighted by molar-refractivity contribution is -0.130. The van der Waals surface area contributed by atoms with Gasteiger partial charge in [0.25, 0.3) is 0 Å². The van der Waals surface area contributed by atoms with Gasteiger partial charge in [0.1, 0.15) is 0 Å². The Balaban J connectivity index is 0.000000137. The van der Waals surface area contributed by atoms with Crippen molar-refractivity contribution in [3.63, 3.8) is 0 Å². The first-order valence-corrected chi connectivity index (χ1v) is 15.9. The Kier molecular flexibility index (Phi) is 10.1. The van der Waals surface area contributed by atoms with E-state index in [-0.39, 0.29) is 6.04 Å². The second kappa shape index (κ2) is 14.7. The predicted molar refractivity (Wildman–Crippen MR) is 175 cm³/mol. The minimum Gasteiger partial charge on any atom is -0.317 e. The van der Waals surface area contributed by atoms with Gasteiger partial charge in [0, 0.05) is 19.1 Å². The van der Waals surface area contributed by atoms with Crippen LogP contribution in [0.15, 0.2) is 121 Å². The Morgan fingerprint density at radius 1 is 0.535 bits per heavy atom. The molecule has 4 aliphatic heterocycles. The predicted octanol–water partition coefficient (Wildman–Crippen LogP) is 5.81. The van der Waals surface area contributed by atoms with Crippen LogP contribution in [0.5, 0.6) is 0 Å². The van der Waals surface area contributed by atoms with Crippen LogP contribution in [0.25, 0.3) is 0 Å². The van der Waals surface area contributed by atoms with Crippen LogP contribution in [0.1, 0.15) is 47.2 Å². The first-order chi connectivity index (χ1) is 21.3. The number of carbonyl (C=O) groups excluding carboxylic acids is 1. The average molecular weight is 573 g/mol. The van der Waals surface area contributed by atoms with Crippen LogP contribution in [-0.2, 0) is 4.79 Å². The largest absolute Gasteiger partial charge is 0.317 e. The van der Waals surface area contributed by atoms with Crippen molar-refractivity contribution in [2.45, 2.75) is 31.0 Å². The summed E-state index contributed by atoms with van der Waals surface area (Å²) >= 11 is 0. The first kappa shape index (κ1) is 29.5. The number of nitrogens with zero attached hydrogens (tertiary/aromatic N) is 3. The lowest BCUT2D eigenvalue weighted by atomic mass is 9.92. The first-order valence-electron chi connectivity index (χ1n) is 15.9. The summed E-state index contributed by atoms with van der Waals surface area (Å²) in [5.41, 5.74) is 5.31. The second-order valence-corrected chi connectivity index (χ2v) is 12.0. The molecule has 8 rings (SSSR count). The average Bonchev–Trinajstić information content (AvgIpc) is 2.96. The summed E-state index contributed by atoms with van der Waals surface area (Å²) in [5, 5.41) is 3.11. The molecule has 0 unspecified atom stereocenters. The van der Waals surface area contributed by atoms with Gasteiger partial charge >= 0.3 is 0 Å². The van der Waals surface area contributed by atoms with E-state index in [1.807, 2.05) is 36.4 Å². The van der Waals surface area contributed by atoms with E-state index in [1.54, 1.807) is 0 Å². The fourth-order valence-corrected chi connectivity index (χ4v) is 6.17. The highest BCUT2D eigenvalue weighted by Crippen LogP contribution is 2.34. The zero-order valence-electron chi connectivity index (χ0n) is 25.1. The summed E-state index contributed by atoms with van der Waals surface area (Å²) in [6, 6.07) is 44.0. The maximum absolute atomic E-state index is 11.2. The topological polar surface area (TPSA) is 38.8 Å². The van der Waals surface area contributed by atoms with Gasteiger partial charge < -0.3 is 5.32 Å². The van der Waals surface area contributed by atoms with E-state index >= 15 is 0 Å². The van der Waals surface area contributed by atoms with Crippen LogP contribution in [0.2, 0.25) is 0 Å². The van der Waals surface area contributed by atoms with E-state index < -0.39 is 0 Å². The molecule has 0 atom stereocenters. The number of likely N-dealkylation sites (tertiary alicyclic amines) is 3. The van der Waals surface area contributed by atoms with Crippen molar-refractivity contribution in [1.29, 1.82) is 0 Å². The molecule has 0 saturated carbocycles. The molecule has 4 aromatic carbocycles. The zero-order valence-corrected chi connectivity index (χ0v) is 25.1. The molecule has 4 heterocycles. The number of Topliss-reactive ketones (excluding diaryl/α,β-unsaturated/α-hetero) is 1. The minimum absolute atomic E-state index is 0.199. The van der Waals surface area contributed by atoms with Crippen LogP contribution >= 0.6 is 0 Å². The Morgan fingerprint density at radius 2 is 0.884 bits per heavy atom. The summed E-state index contributed by atoms with van der Waals surface area (Å²) in [7, 11) is 0. The molecule has 0 aromatic heterocycles. The van der Waals surface area contributed by atoms with Gasteiger partial charge in [0.2, 0.25) is 0 Å². The summed E-state index contributed by atoms with van der Waals surface area (Å²) < 4.78 is 0. The van der Waals surface area contributed by atoms with Gasteiger partial charge in [-0.2, -0.15) is 0 Å². The molecule has 43 heavy (non-hydrogen) atoms. The number of hydrogen-bond acceptors (Lipinski definition) is 5. The molecule has 0 bridgehead atoms. The van der Waals surface area contributed by atoms with Crippen molar-refractivity contribution in [2.75, 3.05) is 52.4 Å². The summed E-state index contributed by atoms with van der Waals surface area (Å²) in [6.07, 6.45) is 2.78. The van der Waals surface area contributed by atoms with Crippen molar-refractivity contribution < 1.29 is 4.79 Å².